The number of carboxylic acid groups (broad SMARTS) is 1. The Morgan fingerprint density at radius 2 is 1.82 bits per heavy atom. The number of hydrogen-bond acceptors (Lipinski definition) is 8. The molecule has 0 bridgehead atoms. The van der Waals surface area contributed by atoms with Gasteiger partial charge in [0.15, 0.2) is 17.0 Å². The minimum atomic E-state index is -5.08. The first-order valence-electron chi connectivity index (χ1n) is 12.4. The molecule has 0 atom stereocenters. The number of halogens is 4. The van der Waals surface area contributed by atoms with Gasteiger partial charge in [-0.15, -0.1) is 0 Å². The number of alkyl halides is 3. The highest BCUT2D eigenvalue weighted by Gasteiger charge is 2.38. The topological polar surface area (TPSA) is 141 Å². The predicted molar refractivity (Wildman–Crippen MR) is 138 cm³/mol. The van der Waals surface area contributed by atoms with Crippen molar-refractivity contribution in [3.63, 3.8) is 0 Å². The van der Waals surface area contributed by atoms with Crippen molar-refractivity contribution in [1.82, 2.24) is 29.8 Å². The number of fused-ring (bicyclic) bond motifs is 1. The lowest BCUT2D eigenvalue weighted by molar-refractivity contribution is -0.192. The number of anilines is 1. The molecular weight excluding hydrogens is 534 g/mol. The molecule has 0 spiro atoms. The summed E-state index contributed by atoms with van der Waals surface area (Å²) in [4.78, 5) is 26.3. The third-order valence-electron chi connectivity index (χ3n) is 6.21. The first kappa shape index (κ1) is 28.7. The van der Waals surface area contributed by atoms with Gasteiger partial charge in [0.2, 0.25) is 0 Å². The lowest BCUT2D eigenvalue weighted by Gasteiger charge is -2.23. The summed E-state index contributed by atoms with van der Waals surface area (Å²) in [5.41, 5.74) is 10.1. The third-order valence-corrected chi connectivity index (χ3v) is 6.21. The second-order valence-corrected chi connectivity index (χ2v) is 8.98. The SMILES string of the molecule is CCOc1nc(N)c2nc(-c3cncc(F)c3)n(Cc3ccc(C4CCNCC4)cc3)c2n1.O=C(O)C(F)(F)F. The van der Waals surface area contributed by atoms with E-state index >= 15 is 0 Å². The Labute approximate surface area is 226 Å². The van der Waals surface area contributed by atoms with Crippen LogP contribution in [0, 0.1) is 5.82 Å². The highest BCUT2D eigenvalue weighted by molar-refractivity contribution is 5.86. The van der Waals surface area contributed by atoms with Gasteiger partial charge in [0.05, 0.1) is 19.3 Å². The van der Waals surface area contributed by atoms with E-state index in [4.69, 9.17) is 20.4 Å². The van der Waals surface area contributed by atoms with Crippen molar-refractivity contribution in [2.75, 3.05) is 25.4 Å². The highest BCUT2D eigenvalue weighted by Crippen LogP contribution is 2.30. The molecule has 4 aromatic rings. The van der Waals surface area contributed by atoms with E-state index in [9.17, 15) is 17.6 Å². The summed E-state index contributed by atoms with van der Waals surface area (Å²) in [5, 5.41) is 10.5. The van der Waals surface area contributed by atoms with E-state index in [-0.39, 0.29) is 11.8 Å². The number of pyridine rings is 1. The van der Waals surface area contributed by atoms with Crippen LogP contribution >= 0.6 is 0 Å². The van der Waals surface area contributed by atoms with E-state index in [1.807, 2.05) is 11.5 Å². The Balaban J connectivity index is 0.000000470. The summed E-state index contributed by atoms with van der Waals surface area (Å²) in [7, 11) is 0. The molecule has 1 saturated heterocycles. The molecule has 1 fully saturated rings. The summed E-state index contributed by atoms with van der Waals surface area (Å²) in [5.74, 6) is -1.87. The number of nitrogens with two attached hydrogens (primary N) is 1. The summed E-state index contributed by atoms with van der Waals surface area (Å²) < 4.78 is 53.1. The number of imidazole rings is 1. The van der Waals surface area contributed by atoms with Gasteiger partial charge in [-0.25, -0.2) is 14.2 Å². The first-order chi connectivity index (χ1) is 19.1. The van der Waals surface area contributed by atoms with Gasteiger partial charge in [-0.3, -0.25) is 4.98 Å². The van der Waals surface area contributed by atoms with Crippen LogP contribution in [0.1, 0.15) is 36.8 Å². The number of aliphatic carboxylic acids is 1. The fraction of sp³-hybridized carbons (Fsp3) is 0.346. The van der Waals surface area contributed by atoms with E-state index in [2.05, 4.69) is 49.5 Å². The number of carboxylic acids is 1. The predicted octanol–water partition coefficient (Wildman–Crippen LogP) is 4.16. The number of rotatable bonds is 6. The van der Waals surface area contributed by atoms with Crippen molar-refractivity contribution in [2.24, 2.45) is 0 Å². The number of carbonyl (C=O) groups is 1. The number of aromatic nitrogens is 5. The fourth-order valence-electron chi connectivity index (χ4n) is 4.33. The largest absolute Gasteiger partial charge is 0.490 e. The van der Waals surface area contributed by atoms with Gasteiger partial charge >= 0.3 is 18.2 Å². The van der Waals surface area contributed by atoms with Crippen LogP contribution < -0.4 is 15.8 Å². The molecule has 212 valence electrons. The lowest BCUT2D eigenvalue weighted by Crippen LogP contribution is -2.26. The molecule has 0 amide bonds. The molecule has 14 heteroatoms. The number of nitrogen functional groups attached to an aromatic ring is 1. The molecule has 1 aromatic carbocycles. The maximum absolute atomic E-state index is 14.0. The van der Waals surface area contributed by atoms with E-state index in [0.29, 0.717) is 41.6 Å². The van der Waals surface area contributed by atoms with Crippen molar-refractivity contribution in [3.05, 3.63) is 59.7 Å². The zero-order valence-electron chi connectivity index (χ0n) is 21.5. The number of piperidine rings is 1. The van der Waals surface area contributed by atoms with Gasteiger partial charge < -0.3 is 25.5 Å². The second-order valence-electron chi connectivity index (χ2n) is 8.98. The van der Waals surface area contributed by atoms with Crippen LogP contribution in [0.4, 0.5) is 23.4 Å². The molecular formula is C26H27F4N7O3. The number of nitrogens with one attached hydrogen (secondary N) is 1. The summed E-state index contributed by atoms with van der Waals surface area (Å²) >= 11 is 0. The standard InChI is InChI=1S/C24H26FN7O.C2HF3O2/c1-2-33-24-30-21(26)20-23(31-24)32(22(29-20)18-11-19(25)13-28-12-18)14-15-3-5-16(6-4-15)17-7-9-27-10-8-17;3-2(4,5)1(6)7/h3-6,11-13,17,27H,2,7-10,14H2,1H3,(H2,26,30,31);(H,6,7). The van der Waals surface area contributed by atoms with E-state index in [1.54, 1.807) is 6.20 Å². The average Bonchev–Trinajstić information content (AvgIpc) is 3.28. The quantitative estimate of drug-likeness (QED) is 0.296. The van der Waals surface area contributed by atoms with Gasteiger partial charge in [-0.1, -0.05) is 24.3 Å². The number of benzene rings is 1. The molecule has 1 aliphatic heterocycles. The van der Waals surface area contributed by atoms with E-state index in [0.717, 1.165) is 37.7 Å². The Kier molecular flexibility index (Phi) is 8.77. The van der Waals surface area contributed by atoms with Crippen LogP contribution in [0.25, 0.3) is 22.6 Å². The minimum Gasteiger partial charge on any atom is -0.475 e. The summed E-state index contributed by atoms with van der Waals surface area (Å²) in [6.45, 7) is 4.87. The monoisotopic (exact) mass is 561 g/mol. The molecule has 0 aliphatic carbocycles. The van der Waals surface area contributed by atoms with E-state index in [1.165, 1.54) is 11.6 Å². The second kappa shape index (κ2) is 12.2. The Morgan fingerprint density at radius 3 is 2.42 bits per heavy atom. The van der Waals surface area contributed by atoms with Gasteiger partial charge in [-0.2, -0.15) is 23.1 Å². The van der Waals surface area contributed by atoms with Gasteiger partial charge in [-0.05, 0) is 56.0 Å². The zero-order valence-corrected chi connectivity index (χ0v) is 21.5. The zero-order chi connectivity index (χ0) is 28.9. The van der Waals surface area contributed by atoms with Crippen LogP contribution in [0.3, 0.4) is 0 Å². The van der Waals surface area contributed by atoms with Crippen LogP contribution in [-0.4, -0.2) is 61.5 Å². The first-order valence-corrected chi connectivity index (χ1v) is 12.4. The maximum atomic E-state index is 14.0. The van der Waals surface area contributed by atoms with Gasteiger partial charge in [0, 0.05) is 11.8 Å². The minimum absolute atomic E-state index is 0.189. The van der Waals surface area contributed by atoms with Crippen molar-refractivity contribution < 1.29 is 32.2 Å². The Hall–Kier alpha value is -4.33. The molecule has 40 heavy (non-hydrogen) atoms. The lowest BCUT2D eigenvalue weighted by atomic mass is 9.90. The number of ether oxygens (including phenoxy) is 1. The molecule has 10 nitrogen and oxygen atoms in total. The molecule has 3 aromatic heterocycles. The molecule has 0 radical (unpaired) electrons. The van der Waals surface area contributed by atoms with Crippen LogP contribution in [0.5, 0.6) is 6.01 Å². The van der Waals surface area contributed by atoms with Crippen molar-refractivity contribution in [3.8, 4) is 17.4 Å². The normalized spacial score (nSPS) is 14.0. The summed E-state index contributed by atoms with van der Waals surface area (Å²) in [6.07, 6.45) is -0.0390. The van der Waals surface area contributed by atoms with Crippen LogP contribution in [0.2, 0.25) is 0 Å². The molecule has 4 heterocycles. The van der Waals surface area contributed by atoms with Crippen LogP contribution in [0.15, 0.2) is 42.7 Å². The van der Waals surface area contributed by atoms with Crippen molar-refractivity contribution >= 4 is 23.0 Å². The fourth-order valence-corrected chi connectivity index (χ4v) is 4.33. The third kappa shape index (κ3) is 6.81. The molecule has 4 N–H and O–H groups in total. The molecule has 1 aliphatic rings. The van der Waals surface area contributed by atoms with E-state index < -0.39 is 18.0 Å². The average molecular weight is 562 g/mol. The number of nitrogens with zero attached hydrogens (tertiary/aromatic N) is 5. The molecule has 5 rings (SSSR count). The highest BCUT2D eigenvalue weighted by atomic mass is 19.4. The summed E-state index contributed by atoms with van der Waals surface area (Å²) in [6, 6.07) is 10.2. The van der Waals surface area contributed by atoms with Crippen molar-refractivity contribution in [2.45, 2.75) is 38.4 Å². The van der Waals surface area contributed by atoms with Gasteiger partial charge in [0.25, 0.3) is 0 Å². The Bertz CT molecular complexity index is 1470. The van der Waals surface area contributed by atoms with Crippen molar-refractivity contribution in [1.29, 1.82) is 0 Å². The maximum Gasteiger partial charge on any atom is 0.490 e. The molecule has 0 unspecified atom stereocenters. The van der Waals surface area contributed by atoms with Crippen LogP contribution in [-0.2, 0) is 11.3 Å². The smallest absolute Gasteiger partial charge is 0.475 e. The number of hydrogen-bond donors (Lipinski definition) is 3. The Morgan fingerprint density at radius 1 is 1.15 bits per heavy atom. The molecule has 0 saturated carbocycles. The van der Waals surface area contributed by atoms with Gasteiger partial charge in [0.1, 0.15) is 11.6 Å².